The molecule has 2 N–H and O–H groups in total. The van der Waals surface area contributed by atoms with Crippen LogP contribution in [0.15, 0.2) is 18.2 Å². The summed E-state index contributed by atoms with van der Waals surface area (Å²) in [5, 5.41) is 21.4. The number of carbonyl (C=O) groups excluding carboxylic acids is 1. The minimum absolute atomic E-state index is 0.0695. The van der Waals surface area contributed by atoms with Crippen LogP contribution in [0.1, 0.15) is 22.8 Å². The van der Waals surface area contributed by atoms with E-state index in [2.05, 4.69) is 5.32 Å². The van der Waals surface area contributed by atoms with E-state index in [1.165, 1.54) is 14.0 Å². The van der Waals surface area contributed by atoms with Gasteiger partial charge in [0.15, 0.2) is 5.78 Å². The predicted octanol–water partition coefficient (Wildman–Crippen LogP) is 1.18. The van der Waals surface area contributed by atoms with E-state index in [1.54, 1.807) is 18.2 Å². The Labute approximate surface area is 106 Å². The first kappa shape index (κ1) is 14.2. The molecule has 0 aliphatic carbocycles. The standard InChI is InChI=1S/C13H16N2O3/c1-9(16)10-3-4-11(6-14)13(5-10)15-7-12(17)8-18-2/h3-5,12,15,17H,7-8H2,1-2H3. The Morgan fingerprint density at radius 1 is 1.61 bits per heavy atom. The van der Waals surface area contributed by atoms with Crippen molar-refractivity contribution in [3.8, 4) is 6.07 Å². The number of anilines is 1. The number of rotatable bonds is 6. The number of nitrogens with one attached hydrogen (secondary N) is 1. The Kier molecular flexibility index (Phi) is 5.31. The van der Waals surface area contributed by atoms with Gasteiger partial charge in [0.25, 0.3) is 0 Å². The van der Waals surface area contributed by atoms with E-state index in [0.29, 0.717) is 16.8 Å². The summed E-state index contributed by atoms with van der Waals surface area (Å²) in [6, 6.07) is 6.84. The number of aliphatic hydroxyl groups excluding tert-OH is 1. The molecule has 0 amide bonds. The number of carbonyl (C=O) groups is 1. The maximum absolute atomic E-state index is 11.3. The predicted molar refractivity (Wildman–Crippen MR) is 67.5 cm³/mol. The van der Waals surface area contributed by atoms with Gasteiger partial charge in [0.2, 0.25) is 0 Å². The van der Waals surface area contributed by atoms with Gasteiger partial charge in [0, 0.05) is 19.2 Å². The van der Waals surface area contributed by atoms with Crippen LogP contribution in [0.25, 0.3) is 0 Å². The zero-order chi connectivity index (χ0) is 13.5. The van der Waals surface area contributed by atoms with Gasteiger partial charge < -0.3 is 15.2 Å². The second kappa shape index (κ2) is 6.74. The zero-order valence-electron chi connectivity index (χ0n) is 10.4. The Balaban J connectivity index is 2.82. The lowest BCUT2D eigenvalue weighted by Crippen LogP contribution is -2.24. The van der Waals surface area contributed by atoms with Gasteiger partial charge in [-0.25, -0.2) is 0 Å². The maximum Gasteiger partial charge on any atom is 0.159 e. The molecule has 0 bridgehead atoms. The van der Waals surface area contributed by atoms with Crippen molar-refractivity contribution in [1.82, 2.24) is 0 Å². The van der Waals surface area contributed by atoms with Crippen molar-refractivity contribution < 1.29 is 14.6 Å². The van der Waals surface area contributed by atoms with Gasteiger partial charge in [-0.05, 0) is 25.1 Å². The van der Waals surface area contributed by atoms with Crippen LogP contribution in [0.3, 0.4) is 0 Å². The number of hydrogen-bond acceptors (Lipinski definition) is 5. The Bertz CT molecular complexity index is 466. The summed E-state index contributed by atoms with van der Waals surface area (Å²) in [6.45, 7) is 1.93. The van der Waals surface area contributed by atoms with Crippen LogP contribution < -0.4 is 5.32 Å². The fourth-order valence-electron chi connectivity index (χ4n) is 1.49. The van der Waals surface area contributed by atoms with Crippen LogP contribution in [-0.4, -0.2) is 37.3 Å². The quantitative estimate of drug-likeness (QED) is 0.739. The molecule has 1 rings (SSSR count). The molecule has 96 valence electrons. The molecule has 1 aromatic rings. The summed E-state index contributed by atoms with van der Waals surface area (Å²) in [6.07, 6.45) is -0.664. The van der Waals surface area contributed by atoms with Crippen molar-refractivity contribution >= 4 is 11.5 Å². The van der Waals surface area contributed by atoms with Crippen molar-refractivity contribution in [2.75, 3.05) is 25.6 Å². The minimum Gasteiger partial charge on any atom is -0.389 e. The second-order valence-electron chi connectivity index (χ2n) is 3.92. The molecule has 1 atom stereocenters. The highest BCUT2D eigenvalue weighted by atomic mass is 16.5. The average Bonchev–Trinajstić information content (AvgIpc) is 2.36. The van der Waals surface area contributed by atoms with E-state index in [1.807, 2.05) is 6.07 Å². The number of aliphatic hydroxyl groups is 1. The lowest BCUT2D eigenvalue weighted by Gasteiger charge is -2.13. The van der Waals surface area contributed by atoms with Crippen molar-refractivity contribution in [3.63, 3.8) is 0 Å². The van der Waals surface area contributed by atoms with Crippen LogP contribution in [0, 0.1) is 11.3 Å². The molecule has 5 nitrogen and oxygen atoms in total. The highest BCUT2D eigenvalue weighted by Gasteiger charge is 2.08. The van der Waals surface area contributed by atoms with Crippen LogP contribution >= 0.6 is 0 Å². The average molecular weight is 248 g/mol. The number of ether oxygens (including phenoxy) is 1. The minimum atomic E-state index is -0.664. The number of ketones is 1. The first-order valence-electron chi connectivity index (χ1n) is 5.54. The summed E-state index contributed by atoms with van der Waals surface area (Å²) < 4.78 is 4.80. The van der Waals surface area contributed by atoms with Crippen molar-refractivity contribution in [2.24, 2.45) is 0 Å². The Hall–Kier alpha value is -1.90. The summed E-state index contributed by atoms with van der Waals surface area (Å²) in [7, 11) is 1.50. The van der Waals surface area contributed by atoms with Crippen LogP contribution in [0.5, 0.6) is 0 Å². The van der Waals surface area contributed by atoms with Crippen LogP contribution in [-0.2, 0) is 4.74 Å². The molecule has 0 saturated heterocycles. The molecule has 0 aliphatic rings. The molecule has 0 fully saturated rings. The molecule has 0 saturated carbocycles. The SMILES string of the molecule is COCC(O)CNc1cc(C(C)=O)ccc1C#N. The van der Waals surface area contributed by atoms with E-state index < -0.39 is 6.10 Å². The van der Waals surface area contributed by atoms with Crippen molar-refractivity contribution in [2.45, 2.75) is 13.0 Å². The Morgan fingerprint density at radius 3 is 2.89 bits per heavy atom. The third kappa shape index (κ3) is 3.84. The number of nitrogens with zero attached hydrogens (tertiary/aromatic N) is 1. The van der Waals surface area contributed by atoms with Crippen LogP contribution in [0.2, 0.25) is 0 Å². The van der Waals surface area contributed by atoms with Gasteiger partial charge >= 0.3 is 0 Å². The maximum atomic E-state index is 11.3. The summed E-state index contributed by atoms with van der Waals surface area (Å²) in [5.74, 6) is -0.0695. The van der Waals surface area contributed by atoms with E-state index in [0.717, 1.165) is 0 Å². The molecule has 0 heterocycles. The molecule has 18 heavy (non-hydrogen) atoms. The lowest BCUT2D eigenvalue weighted by molar-refractivity contribution is 0.0727. The van der Waals surface area contributed by atoms with Gasteiger partial charge in [-0.1, -0.05) is 0 Å². The largest absolute Gasteiger partial charge is 0.389 e. The Morgan fingerprint density at radius 2 is 2.33 bits per heavy atom. The molecular weight excluding hydrogens is 232 g/mol. The monoisotopic (exact) mass is 248 g/mol. The second-order valence-corrected chi connectivity index (χ2v) is 3.92. The van der Waals surface area contributed by atoms with Crippen molar-refractivity contribution in [1.29, 1.82) is 5.26 Å². The lowest BCUT2D eigenvalue weighted by atomic mass is 10.1. The van der Waals surface area contributed by atoms with Crippen LogP contribution in [0.4, 0.5) is 5.69 Å². The molecule has 5 heteroatoms. The topological polar surface area (TPSA) is 82.3 Å². The van der Waals surface area contributed by atoms with Gasteiger partial charge in [-0.3, -0.25) is 4.79 Å². The molecule has 0 spiro atoms. The van der Waals surface area contributed by atoms with E-state index >= 15 is 0 Å². The van der Waals surface area contributed by atoms with Crippen molar-refractivity contribution in [3.05, 3.63) is 29.3 Å². The highest BCUT2D eigenvalue weighted by Crippen LogP contribution is 2.17. The summed E-state index contributed by atoms with van der Waals surface area (Å²) in [5.41, 5.74) is 1.50. The third-order valence-corrected chi connectivity index (χ3v) is 2.43. The molecule has 0 aromatic heterocycles. The number of methoxy groups -OCH3 is 1. The first-order chi connectivity index (χ1) is 8.58. The molecule has 0 aliphatic heterocycles. The van der Waals surface area contributed by atoms with E-state index in [9.17, 15) is 9.90 Å². The number of benzene rings is 1. The third-order valence-electron chi connectivity index (χ3n) is 2.43. The van der Waals surface area contributed by atoms with Gasteiger partial charge in [0.05, 0.1) is 24.0 Å². The smallest absolute Gasteiger partial charge is 0.159 e. The van der Waals surface area contributed by atoms with E-state index in [-0.39, 0.29) is 18.9 Å². The molecule has 1 aromatic carbocycles. The summed E-state index contributed by atoms with van der Waals surface area (Å²) >= 11 is 0. The fraction of sp³-hybridized carbons (Fsp3) is 0.385. The highest BCUT2D eigenvalue weighted by molar-refractivity contribution is 5.95. The van der Waals surface area contributed by atoms with E-state index in [4.69, 9.17) is 10.00 Å². The number of Topliss-reactive ketones (excluding diaryl/α,β-unsaturated/α-hetero) is 1. The zero-order valence-corrected chi connectivity index (χ0v) is 10.4. The molecular formula is C13H16N2O3. The fourth-order valence-corrected chi connectivity index (χ4v) is 1.49. The number of hydrogen-bond donors (Lipinski definition) is 2. The van der Waals surface area contributed by atoms with Gasteiger partial charge in [-0.2, -0.15) is 5.26 Å². The first-order valence-corrected chi connectivity index (χ1v) is 5.54. The normalized spacial score (nSPS) is 11.7. The summed E-state index contributed by atoms with van der Waals surface area (Å²) in [4.78, 5) is 11.3. The molecule has 0 radical (unpaired) electrons. The number of nitriles is 1. The van der Waals surface area contributed by atoms with Gasteiger partial charge in [-0.15, -0.1) is 0 Å². The molecule has 1 unspecified atom stereocenters. The van der Waals surface area contributed by atoms with Gasteiger partial charge in [0.1, 0.15) is 6.07 Å².